The van der Waals surface area contributed by atoms with Gasteiger partial charge in [0.25, 0.3) is 0 Å². The van der Waals surface area contributed by atoms with Crippen LogP contribution >= 0.6 is 0 Å². The number of rotatable bonds is 12. The largest absolute Gasteiger partial charge is 0.310 e. The molecule has 0 aliphatic carbocycles. The second-order valence-electron chi connectivity index (χ2n) is 21.2. The maximum absolute atomic E-state index is 5.82. The van der Waals surface area contributed by atoms with Gasteiger partial charge in [0.05, 0.1) is 39.0 Å². The molecule has 0 N–H and O–H groups in total. The summed E-state index contributed by atoms with van der Waals surface area (Å²) in [4.78, 5) is 22.0. The van der Waals surface area contributed by atoms with Crippen LogP contribution in [0.3, 0.4) is 0 Å². The average molecular weight is 1080 g/mol. The van der Waals surface area contributed by atoms with E-state index in [1.807, 2.05) is 0 Å². The number of fused-ring (bicyclic) bond motifs is 9. The van der Waals surface area contributed by atoms with Crippen molar-refractivity contribution in [2.45, 2.75) is 5.92 Å². The Bertz CT molecular complexity index is 4780. The van der Waals surface area contributed by atoms with Crippen molar-refractivity contribution in [1.82, 2.24) is 28.7 Å². The molecule has 8 heteroatoms. The molecule has 0 saturated heterocycles. The van der Waals surface area contributed by atoms with Crippen LogP contribution in [-0.2, 0) is 0 Å². The normalized spacial score (nSPS) is 12.0. The van der Waals surface area contributed by atoms with Crippen LogP contribution in [0.5, 0.6) is 0 Å². The Morgan fingerprint density at radius 1 is 0.238 bits per heavy atom. The first-order chi connectivity index (χ1) is 41.7. The summed E-state index contributed by atoms with van der Waals surface area (Å²) in [6, 6.07) is 110. The van der Waals surface area contributed by atoms with E-state index in [2.05, 4.69) is 333 Å². The van der Waals surface area contributed by atoms with Gasteiger partial charge in [-0.1, -0.05) is 200 Å². The highest BCUT2D eigenvalue weighted by Crippen LogP contribution is 2.43. The van der Waals surface area contributed by atoms with E-state index in [1.54, 1.807) is 0 Å². The van der Waals surface area contributed by atoms with Crippen molar-refractivity contribution in [2.24, 2.45) is 0 Å². The molecular formula is C76H52N8. The average Bonchev–Trinajstić information content (AvgIpc) is 3.07. The van der Waals surface area contributed by atoms with Crippen molar-refractivity contribution in [3.05, 3.63) is 326 Å². The number of para-hydroxylation sites is 8. The lowest BCUT2D eigenvalue weighted by atomic mass is 9.90. The van der Waals surface area contributed by atoms with E-state index in [4.69, 9.17) is 15.0 Å². The van der Waals surface area contributed by atoms with E-state index in [-0.39, 0.29) is 0 Å². The third kappa shape index (κ3) is 8.18. The summed E-state index contributed by atoms with van der Waals surface area (Å²) in [5.74, 6) is 1.17. The zero-order chi connectivity index (χ0) is 55.5. The lowest BCUT2D eigenvalue weighted by molar-refractivity contribution is 0.784. The summed E-state index contributed by atoms with van der Waals surface area (Å²) in [6.07, 6.45) is 0. The number of hydrogen-bond donors (Lipinski definition) is 0. The van der Waals surface area contributed by atoms with Crippen LogP contribution in [0.4, 0.5) is 34.1 Å². The zero-order valence-electron chi connectivity index (χ0n) is 45.6. The second kappa shape index (κ2) is 20.3. The topological polar surface area (TPSA) is 59.9 Å². The summed E-state index contributed by atoms with van der Waals surface area (Å²) in [6.45, 7) is 0. The van der Waals surface area contributed by atoms with E-state index in [9.17, 15) is 0 Å². The second-order valence-corrected chi connectivity index (χ2v) is 21.2. The van der Waals surface area contributed by atoms with Crippen LogP contribution in [0.15, 0.2) is 309 Å². The van der Waals surface area contributed by atoms with Gasteiger partial charge in [-0.05, 0) is 120 Å². The molecule has 12 aromatic carbocycles. The summed E-state index contributed by atoms with van der Waals surface area (Å²) >= 11 is 0. The Labute approximate surface area is 485 Å². The highest BCUT2D eigenvalue weighted by molar-refractivity contribution is 6.12. The third-order valence-corrected chi connectivity index (χ3v) is 16.4. The first-order valence-corrected chi connectivity index (χ1v) is 28.5. The molecule has 0 amide bonds. The highest BCUT2D eigenvalue weighted by atomic mass is 15.3. The number of benzene rings is 12. The van der Waals surface area contributed by atoms with Crippen LogP contribution in [0.2, 0.25) is 0 Å². The molecule has 84 heavy (non-hydrogen) atoms. The van der Waals surface area contributed by atoms with E-state index in [1.165, 1.54) is 10.8 Å². The van der Waals surface area contributed by atoms with E-state index in [0.29, 0.717) is 17.7 Å². The number of hydrogen-bond acceptors (Lipinski definition) is 5. The molecule has 1 atom stereocenters. The van der Waals surface area contributed by atoms with Crippen molar-refractivity contribution < 1.29 is 0 Å². The van der Waals surface area contributed by atoms with Crippen LogP contribution in [0.25, 0.3) is 83.0 Å². The minimum absolute atomic E-state index is 0.441. The Balaban J connectivity index is 0.998. The van der Waals surface area contributed by atoms with Crippen molar-refractivity contribution in [2.75, 3.05) is 9.80 Å². The fraction of sp³-hybridized carbons (Fsp3) is 0.0132. The molecular weight excluding hydrogens is 1020 g/mol. The fourth-order valence-electron chi connectivity index (χ4n) is 12.7. The Morgan fingerprint density at radius 2 is 0.571 bits per heavy atom. The van der Waals surface area contributed by atoms with Gasteiger partial charge in [0.15, 0.2) is 0 Å². The van der Waals surface area contributed by atoms with Gasteiger partial charge in [0.1, 0.15) is 5.82 Å². The molecule has 0 aliphatic rings. The predicted molar refractivity (Wildman–Crippen MR) is 346 cm³/mol. The smallest absolute Gasteiger partial charge is 0.239 e. The number of nitrogens with zero attached hydrogens (tertiary/aromatic N) is 8. The number of aromatic nitrogens is 6. The van der Waals surface area contributed by atoms with Crippen LogP contribution in [0, 0.1) is 0 Å². The molecule has 0 saturated carbocycles. The van der Waals surface area contributed by atoms with Gasteiger partial charge in [-0.25, -0.2) is 0 Å². The molecule has 4 aromatic heterocycles. The monoisotopic (exact) mass is 1080 g/mol. The Morgan fingerprint density at radius 3 is 1.00 bits per heavy atom. The van der Waals surface area contributed by atoms with Crippen LogP contribution < -0.4 is 9.80 Å². The third-order valence-electron chi connectivity index (χ3n) is 16.4. The molecule has 0 bridgehead atoms. The van der Waals surface area contributed by atoms with Crippen molar-refractivity contribution >= 4 is 99.5 Å². The molecule has 396 valence electrons. The van der Waals surface area contributed by atoms with Gasteiger partial charge in [-0.3, -0.25) is 9.13 Å². The lowest BCUT2D eigenvalue weighted by Crippen LogP contribution is -2.16. The van der Waals surface area contributed by atoms with Crippen molar-refractivity contribution in [3.63, 3.8) is 0 Å². The molecule has 16 aromatic rings. The minimum atomic E-state index is -0.441. The minimum Gasteiger partial charge on any atom is -0.310 e. The van der Waals surface area contributed by atoms with E-state index < -0.39 is 5.92 Å². The molecule has 16 rings (SSSR count). The first-order valence-electron chi connectivity index (χ1n) is 28.5. The SMILES string of the molecule is c1ccc(C(c2ccc3c4ccccc4n(-c4ccccc4)c3c2)c2nc(-n3c4ccccc4c4ccc(N(c5ccccc5)c5ccccc5)cc43)nc(-n3c4ccccc4c4ccc(N(c5ccccc5)c5ccccc5)cc43)n2)cc1. The molecule has 0 radical (unpaired) electrons. The molecule has 0 fully saturated rings. The molecule has 8 nitrogen and oxygen atoms in total. The standard InChI is InChI=1S/C76H52N8/c1-7-25-52(26-8-1)73(53-43-46-64-61-37-19-22-40-67(61)82(70(64)49-53)58-35-17-6-18-36-58)74-77-75(83-68-41-23-20-38-62(68)65-47-44-59(50-71(65)83)80(54-27-9-2-10-28-54)55-29-11-3-12-30-55)79-76(78-74)84-69-42-24-21-39-63(69)66-48-45-60(51-72(66)84)81(56-31-13-4-14-32-56)57-33-15-5-16-34-57/h1-51,73H. The van der Waals surface area contributed by atoms with Crippen LogP contribution in [-0.4, -0.2) is 28.7 Å². The predicted octanol–water partition coefficient (Wildman–Crippen LogP) is 19.3. The van der Waals surface area contributed by atoms with E-state index >= 15 is 0 Å². The van der Waals surface area contributed by atoms with Crippen LogP contribution in [0.1, 0.15) is 22.9 Å². The maximum atomic E-state index is 5.82. The summed E-state index contributed by atoms with van der Waals surface area (Å²) < 4.78 is 6.89. The first kappa shape index (κ1) is 48.5. The van der Waals surface area contributed by atoms with Gasteiger partial charge in [-0.2, -0.15) is 15.0 Å². The van der Waals surface area contributed by atoms with Gasteiger partial charge in [0.2, 0.25) is 11.9 Å². The van der Waals surface area contributed by atoms with Gasteiger partial charge in [0, 0.05) is 72.1 Å². The Kier molecular flexibility index (Phi) is 11.7. The van der Waals surface area contributed by atoms with E-state index in [0.717, 1.165) is 106 Å². The zero-order valence-corrected chi connectivity index (χ0v) is 45.6. The summed E-state index contributed by atoms with van der Waals surface area (Å²) in [5, 5.41) is 6.72. The maximum Gasteiger partial charge on any atom is 0.239 e. The molecule has 1 unspecified atom stereocenters. The number of anilines is 6. The summed E-state index contributed by atoms with van der Waals surface area (Å²) in [7, 11) is 0. The molecule has 0 aliphatic heterocycles. The van der Waals surface area contributed by atoms with Gasteiger partial charge in [-0.15, -0.1) is 0 Å². The summed E-state index contributed by atoms with van der Waals surface area (Å²) in [5.41, 5.74) is 15.5. The lowest BCUT2D eigenvalue weighted by Gasteiger charge is -2.25. The Hall–Kier alpha value is -11.4. The van der Waals surface area contributed by atoms with Gasteiger partial charge >= 0.3 is 0 Å². The highest BCUT2D eigenvalue weighted by Gasteiger charge is 2.28. The van der Waals surface area contributed by atoms with Crippen molar-refractivity contribution in [3.8, 4) is 17.6 Å². The quantitative estimate of drug-likeness (QED) is 0.122. The molecule has 0 spiro atoms. The van der Waals surface area contributed by atoms with Gasteiger partial charge < -0.3 is 14.4 Å². The molecule has 4 heterocycles. The van der Waals surface area contributed by atoms with Crippen molar-refractivity contribution in [1.29, 1.82) is 0 Å². The fourth-order valence-corrected chi connectivity index (χ4v) is 12.7.